The van der Waals surface area contributed by atoms with Crippen LogP contribution >= 0.6 is 22.9 Å². The van der Waals surface area contributed by atoms with Gasteiger partial charge in [0.1, 0.15) is 5.01 Å². The molecule has 0 N–H and O–H groups in total. The summed E-state index contributed by atoms with van der Waals surface area (Å²) < 4.78 is 5.72. The molecular weight excluding hydrogens is 278 g/mol. The molecule has 1 aromatic heterocycles. The van der Waals surface area contributed by atoms with E-state index in [0.717, 1.165) is 28.8 Å². The average molecular weight is 294 g/mol. The van der Waals surface area contributed by atoms with Crippen LogP contribution < -0.4 is 0 Å². The number of nitrogens with zero attached hydrogens (tertiary/aromatic N) is 1. The molecule has 0 spiro atoms. The van der Waals surface area contributed by atoms with Gasteiger partial charge in [-0.05, 0) is 30.4 Å². The Balaban J connectivity index is 1.67. The van der Waals surface area contributed by atoms with Gasteiger partial charge in [0.05, 0.1) is 18.2 Å². The summed E-state index contributed by atoms with van der Waals surface area (Å²) in [7, 11) is 0. The Morgan fingerprint density at radius 1 is 1.37 bits per heavy atom. The third-order valence-electron chi connectivity index (χ3n) is 3.18. The van der Waals surface area contributed by atoms with E-state index >= 15 is 0 Å². The van der Waals surface area contributed by atoms with Crippen LogP contribution in [-0.2, 0) is 17.2 Å². The van der Waals surface area contributed by atoms with E-state index in [0.29, 0.717) is 12.5 Å². The molecule has 4 heteroatoms. The van der Waals surface area contributed by atoms with Crippen LogP contribution in [0.15, 0.2) is 29.6 Å². The van der Waals surface area contributed by atoms with Gasteiger partial charge in [0.25, 0.3) is 0 Å². The second-order valence-corrected chi connectivity index (χ2v) is 6.06. The van der Waals surface area contributed by atoms with Crippen LogP contribution in [0.25, 0.3) is 10.6 Å². The van der Waals surface area contributed by atoms with Crippen molar-refractivity contribution >= 4 is 22.9 Å². The van der Waals surface area contributed by atoms with Crippen molar-refractivity contribution in [1.29, 1.82) is 0 Å². The van der Waals surface area contributed by atoms with E-state index in [1.807, 2.05) is 5.38 Å². The van der Waals surface area contributed by atoms with Gasteiger partial charge in [0.15, 0.2) is 0 Å². The molecule has 1 aliphatic carbocycles. The van der Waals surface area contributed by atoms with E-state index in [4.69, 9.17) is 16.3 Å². The third kappa shape index (κ3) is 3.56. The fourth-order valence-electron chi connectivity index (χ4n) is 1.92. The maximum atomic E-state index is 5.79. The largest absolute Gasteiger partial charge is 0.376 e. The molecule has 0 aliphatic heterocycles. The van der Waals surface area contributed by atoms with E-state index in [-0.39, 0.29) is 0 Å². The molecule has 0 saturated heterocycles. The number of hydrogen-bond donors (Lipinski definition) is 0. The average Bonchev–Trinajstić information content (AvgIpc) is 3.14. The third-order valence-corrected chi connectivity index (χ3v) is 4.40. The Hall–Kier alpha value is -0.900. The Labute approximate surface area is 122 Å². The predicted octanol–water partition coefficient (Wildman–Crippen LogP) is 4.48. The molecule has 100 valence electrons. The van der Waals surface area contributed by atoms with Gasteiger partial charge in [0, 0.05) is 17.6 Å². The molecule has 1 saturated carbocycles. The van der Waals surface area contributed by atoms with Gasteiger partial charge < -0.3 is 4.74 Å². The predicted molar refractivity (Wildman–Crippen MR) is 79.5 cm³/mol. The van der Waals surface area contributed by atoms with Crippen LogP contribution in [0, 0.1) is 5.92 Å². The number of hydrogen-bond acceptors (Lipinski definition) is 3. The van der Waals surface area contributed by atoms with Crippen molar-refractivity contribution in [2.75, 3.05) is 6.61 Å². The monoisotopic (exact) mass is 293 g/mol. The fraction of sp³-hybridized carbons (Fsp3) is 0.400. The number of halogens is 1. The lowest BCUT2D eigenvalue weighted by molar-refractivity contribution is 0.111. The zero-order valence-electron chi connectivity index (χ0n) is 10.6. The molecule has 0 unspecified atom stereocenters. The minimum atomic E-state index is 0.473. The lowest BCUT2D eigenvalue weighted by Gasteiger charge is -2.05. The normalized spacial score (nSPS) is 14.8. The molecule has 2 nitrogen and oxygen atoms in total. The maximum Gasteiger partial charge on any atom is 0.123 e. The van der Waals surface area contributed by atoms with Crippen molar-refractivity contribution in [2.24, 2.45) is 5.92 Å². The molecule has 0 bridgehead atoms. The lowest BCUT2D eigenvalue weighted by atomic mass is 10.1. The zero-order valence-corrected chi connectivity index (χ0v) is 12.2. The molecule has 1 fully saturated rings. The molecule has 1 aliphatic rings. The second-order valence-electron chi connectivity index (χ2n) is 4.94. The number of ether oxygens (including phenoxy) is 1. The molecule has 1 heterocycles. The second kappa shape index (κ2) is 6.04. The summed E-state index contributed by atoms with van der Waals surface area (Å²) in [6, 6.07) is 8.41. The highest BCUT2D eigenvalue weighted by Crippen LogP contribution is 2.29. The van der Waals surface area contributed by atoms with Crippen LogP contribution in [0.3, 0.4) is 0 Å². The first-order chi connectivity index (χ1) is 9.35. The van der Waals surface area contributed by atoms with Crippen molar-refractivity contribution < 1.29 is 4.74 Å². The summed E-state index contributed by atoms with van der Waals surface area (Å²) in [5.41, 5.74) is 3.30. The van der Waals surface area contributed by atoms with Gasteiger partial charge in [-0.25, -0.2) is 4.98 Å². The van der Waals surface area contributed by atoms with Crippen LogP contribution in [0.2, 0.25) is 0 Å². The van der Waals surface area contributed by atoms with Crippen molar-refractivity contribution in [3.05, 3.63) is 40.9 Å². The van der Waals surface area contributed by atoms with Gasteiger partial charge in [-0.15, -0.1) is 22.9 Å². The van der Waals surface area contributed by atoms with Crippen LogP contribution in [0.4, 0.5) is 0 Å². The van der Waals surface area contributed by atoms with Crippen molar-refractivity contribution in [3.8, 4) is 10.6 Å². The molecule has 1 aromatic carbocycles. The minimum absolute atomic E-state index is 0.473. The van der Waals surface area contributed by atoms with E-state index < -0.39 is 0 Å². The van der Waals surface area contributed by atoms with Gasteiger partial charge in [-0.3, -0.25) is 0 Å². The van der Waals surface area contributed by atoms with E-state index in [2.05, 4.69) is 29.2 Å². The van der Waals surface area contributed by atoms with Crippen molar-refractivity contribution in [3.63, 3.8) is 0 Å². The molecule has 0 amide bonds. The smallest absolute Gasteiger partial charge is 0.123 e. The zero-order chi connectivity index (χ0) is 13.1. The van der Waals surface area contributed by atoms with E-state index in [1.165, 1.54) is 18.4 Å². The highest BCUT2D eigenvalue weighted by Gasteiger charge is 2.21. The van der Waals surface area contributed by atoms with Crippen LogP contribution in [-0.4, -0.2) is 11.6 Å². The first kappa shape index (κ1) is 13.1. The molecule has 3 rings (SSSR count). The lowest BCUT2D eigenvalue weighted by Crippen LogP contribution is -1.97. The highest BCUT2D eigenvalue weighted by atomic mass is 35.5. The van der Waals surface area contributed by atoms with E-state index in [9.17, 15) is 0 Å². The minimum Gasteiger partial charge on any atom is -0.376 e. The highest BCUT2D eigenvalue weighted by molar-refractivity contribution is 7.13. The molecule has 19 heavy (non-hydrogen) atoms. The molecule has 2 aromatic rings. The number of aromatic nitrogens is 1. The summed E-state index contributed by atoms with van der Waals surface area (Å²) >= 11 is 7.43. The number of alkyl halides is 1. The number of benzene rings is 1. The van der Waals surface area contributed by atoms with Crippen LogP contribution in [0.5, 0.6) is 0 Å². The summed E-state index contributed by atoms with van der Waals surface area (Å²) in [5, 5.41) is 3.04. The van der Waals surface area contributed by atoms with Gasteiger partial charge >= 0.3 is 0 Å². The fourth-order valence-corrected chi connectivity index (χ4v) is 2.97. The SMILES string of the molecule is ClCc1csc(-c2cccc(COCC3CC3)c2)n1. The first-order valence-corrected chi connectivity index (χ1v) is 7.94. The standard InChI is InChI=1S/C15H16ClNOS/c16-7-14-10-19-15(17-14)13-3-1-2-12(6-13)9-18-8-11-4-5-11/h1-3,6,10-11H,4-5,7-9H2. The maximum absolute atomic E-state index is 5.79. The quantitative estimate of drug-likeness (QED) is 0.733. The first-order valence-electron chi connectivity index (χ1n) is 6.52. The topological polar surface area (TPSA) is 22.1 Å². The van der Waals surface area contributed by atoms with Crippen molar-refractivity contribution in [1.82, 2.24) is 4.98 Å². The van der Waals surface area contributed by atoms with Gasteiger partial charge in [0.2, 0.25) is 0 Å². The van der Waals surface area contributed by atoms with Crippen LogP contribution in [0.1, 0.15) is 24.1 Å². The summed E-state index contributed by atoms with van der Waals surface area (Å²) in [6.45, 7) is 1.59. The molecular formula is C15H16ClNOS. The molecule has 0 radical (unpaired) electrons. The Morgan fingerprint density at radius 2 is 2.26 bits per heavy atom. The number of rotatable bonds is 6. The Kier molecular flexibility index (Phi) is 4.16. The van der Waals surface area contributed by atoms with Crippen molar-refractivity contribution in [2.45, 2.75) is 25.3 Å². The number of thiazole rings is 1. The van der Waals surface area contributed by atoms with Gasteiger partial charge in [-0.2, -0.15) is 0 Å². The Bertz CT molecular complexity index is 551. The summed E-state index contributed by atoms with van der Waals surface area (Å²) in [4.78, 5) is 4.50. The summed E-state index contributed by atoms with van der Waals surface area (Å²) in [6.07, 6.45) is 2.67. The molecule has 0 atom stereocenters. The van der Waals surface area contributed by atoms with E-state index in [1.54, 1.807) is 11.3 Å². The van der Waals surface area contributed by atoms with Gasteiger partial charge in [-0.1, -0.05) is 18.2 Å². The Morgan fingerprint density at radius 3 is 3.00 bits per heavy atom. The summed E-state index contributed by atoms with van der Waals surface area (Å²) in [5.74, 6) is 1.29.